The van der Waals surface area contributed by atoms with Crippen molar-refractivity contribution >= 4 is 5.97 Å². The molecular formula is C22H26FN3O2. The predicted molar refractivity (Wildman–Crippen MR) is 103 cm³/mol. The highest BCUT2D eigenvalue weighted by atomic mass is 19.1. The van der Waals surface area contributed by atoms with Crippen molar-refractivity contribution in [2.75, 3.05) is 0 Å². The van der Waals surface area contributed by atoms with Gasteiger partial charge in [-0.25, -0.2) is 9.07 Å². The molecule has 2 fully saturated rings. The number of aliphatic carboxylic acids is 1. The van der Waals surface area contributed by atoms with E-state index in [1.165, 1.54) is 36.2 Å². The molecule has 1 saturated heterocycles. The molecule has 3 aliphatic rings. The van der Waals surface area contributed by atoms with Gasteiger partial charge in [-0.2, -0.15) is 5.10 Å². The molecule has 0 bridgehead atoms. The zero-order valence-corrected chi connectivity index (χ0v) is 16.0. The van der Waals surface area contributed by atoms with Crippen LogP contribution >= 0.6 is 0 Å². The average Bonchev–Trinajstić information content (AvgIpc) is 3.38. The van der Waals surface area contributed by atoms with Crippen LogP contribution in [0, 0.1) is 11.7 Å². The predicted octanol–water partition coefficient (Wildman–Crippen LogP) is 3.72. The number of halogens is 1. The van der Waals surface area contributed by atoms with Gasteiger partial charge in [0.2, 0.25) is 0 Å². The maximum atomic E-state index is 13.3. The van der Waals surface area contributed by atoms with Crippen molar-refractivity contribution < 1.29 is 14.3 Å². The number of hydrogen-bond donors (Lipinski definition) is 1. The molecule has 3 atom stereocenters. The quantitative estimate of drug-likeness (QED) is 0.874. The highest BCUT2D eigenvalue weighted by molar-refractivity contribution is 5.74. The van der Waals surface area contributed by atoms with Crippen molar-refractivity contribution in [3.8, 4) is 5.69 Å². The summed E-state index contributed by atoms with van der Waals surface area (Å²) in [7, 11) is 0. The van der Waals surface area contributed by atoms with Crippen LogP contribution in [-0.4, -0.2) is 37.8 Å². The summed E-state index contributed by atoms with van der Waals surface area (Å²) in [6, 6.07) is 6.41. The first-order valence-electron chi connectivity index (χ1n) is 10.5. The van der Waals surface area contributed by atoms with Gasteiger partial charge < -0.3 is 5.11 Å². The maximum Gasteiger partial charge on any atom is 0.320 e. The van der Waals surface area contributed by atoms with Crippen molar-refractivity contribution in [2.24, 2.45) is 5.92 Å². The van der Waals surface area contributed by atoms with Gasteiger partial charge in [0.25, 0.3) is 0 Å². The van der Waals surface area contributed by atoms with Crippen molar-refractivity contribution in [1.29, 1.82) is 0 Å². The largest absolute Gasteiger partial charge is 0.480 e. The number of aromatic nitrogens is 2. The van der Waals surface area contributed by atoms with Crippen molar-refractivity contribution in [1.82, 2.24) is 14.7 Å². The fourth-order valence-corrected chi connectivity index (χ4v) is 5.63. The van der Waals surface area contributed by atoms with Crippen molar-refractivity contribution in [3.63, 3.8) is 0 Å². The zero-order valence-electron chi connectivity index (χ0n) is 16.0. The lowest BCUT2D eigenvalue weighted by Crippen LogP contribution is -2.41. The van der Waals surface area contributed by atoms with E-state index in [0.717, 1.165) is 49.9 Å². The summed E-state index contributed by atoms with van der Waals surface area (Å²) in [5.74, 6) is -0.455. The normalized spacial score (nSPS) is 27.0. The third-order valence-corrected chi connectivity index (χ3v) is 6.92. The number of carboxylic acid groups (broad SMARTS) is 1. The molecule has 0 spiro atoms. The van der Waals surface area contributed by atoms with Gasteiger partial charge in [-0.3, -0.25) is 9.69 Å². The minimum absolute atomic E-state index is 0.252. The number of carboxylic acids is 1. The van der Waals surface area contributed by atoms with Gasteiger partial charge in [-0.1, -0.05) is 12.8 Å². The van der Waals surface area contributed by atoms with E-state index in [9.17, 15) is 14.3 Å². The minimum atomic E-state index is -0.705. The highest BCUT2D eigenvalue weighted by Crippen LogP contribution is 2.41. The van der Waals surface area contributed by atoms with Gasteiger partial charge in [-0.05, 0) is 74.3 Å². The fourth-order valence-electron chi connectivity index (χ4n) is 5.63. The molecule has 1 aromatic carbocycles. The molecule has 1 saturated carbocycles. The molecular weight excluding hydrogens is 357 g/mol. The van der Waals surface area contributed by atoms with Crippen LogP contribution in [0.1, 0.15) is 55.5 Å². The maximum absolute atomic E-state index is 13.3. The van der Waals surface area contributed by atoms with E-state index >= 15 is 0 Å². The van der Waals surface area contributed by atoms with Crippen LogP contribution in [0.15, 0.2) is 24.3 Å². The lowest BCUT2D eigenvalue weighted by molar-refractivity contribution is -0.142. The Balaban J connectivity index is 1.49. The Morgan fingerprint density at radius 1 is 1.14 bits per heavy atom. The molecule has 0 amide bonds. The van der Waals surface area contributed by atoms with Crippen LogP contribution in [0.3, 0.4) is 0 Å². The van der Waals surface area contributed by atoms with E-state index in [0.29, 0.717) is 18.5 Å². The van der Waals surface area contributed by atoms with E-state index in [4.69, 9.17) is 5.10 Å². The van der Waals surface area contributed by atoms with Gasteiger partial charge in [0.15, 0.2) is 0 Å². The first-order chi connectivity index (χ1) is 13.6. The smallest absolute Gasteiger partial charge is 0.320 e. The highest BCUT2D eigenvalue weighted by Gasteiger charge is 2.45. The summed E-state index contributed by atoms with van der Waals surface area (Å²) < 4.78 is 15.3. The Morgan fingerprint density at radius 3 is 2.71 bits per heavy atom. The number of benzene rings is 1. The molecule has 28 heavy (non-hydrogen) atoms. The molecule has 5 nitrogen and oxygen atoms in total. The molecule has 1 N–H and O–H groups in total. The summed E-state index contributed by atoms with van der Waals surface area (Å²) >= 11 is 0. The van der Waals surface area contributed by atoms with Gasteiger partial charge in [0.1, 0.15) is 11.9 Å². The number of carbonyl (C=O) groups is 1. The van der Waals surface area contributed by atoms with Crippen LogP contribution in [0.2, 0.25) is 0 Å². The molecule has 6 heteroatoms. The second-order valence-electron chi connectivity index (χ2n) is 8.49. The van der Waals surface area contributed by atoms with E-state index in [1.54, 1.807) is 12.1 Å². The van der Waals surface area contributed by atoms with E-state index in [-0.39, 0.29) is 5.82 Å². The number of hydrogen-bond acceptors (Lipinski definition) is 3. The van der Waals surface area contributed by atoms with Crippen molar-refractivity contribution in [2.45, 2.75) is 70.0 Å². The Bertz CT molecular complexity index is 892. The summed E-state index contributed by atoms with van der Waals surface area (Å²) in [5, 5.41) is 14.7. The molecule has 2 aliphatic carbocycles. The average molecular weight is 383 g/mol. The van der Waals surface area contributed by atoms with E-state index in [2.05, 4.69) is 4.90 Å². The van der Waals surface area contributed by atoms with Crippen LogP contribution < -0.4 is 0 Å². The second kappa shape index (κ2) is 6.99. The van der Waals surface area contributed by atoms with Crippen LogP contribution in [0.4, 0.5) is 4.39 Å². The Hall–Kier alpha value is -2.21. The molecule has 1 aliphatic heterocycles. The second-order valence-corrected chi connectivity index (χ2v) is 8.49. The van der Waals surface area contributed by atoms with Gasteiger partial charge >= 0.3 is 5.97 Å². The standard InChI is InChI=1S/C22H26FN3O2/c23-15-8-10-16(11-9-15)26-20-7-3-5-17(20)18(24-26)13-25-19-6-2-1-4-14(19)12-21(25)22(27)28/h8-11,14,19,21H,1-7,12-13H2,(H,27,28). The summed E-state index contributed by atoms with van der Waals surface area (Å²) in [6.07, 6.45) is 8.46. The number of nitrogens with zero attached hydrogens (tertiary/aromatic N) is 3. The zero-order chi connectivity index (χ0) is 19.3. The number of likely N-dealkylation sites (tertiary alicyclic amines) is 1. The molecule has 2 heterocycles. The molecule has 3 unspecified atom stereocenters. The fraction of sp³-hybridized carbons (Fsp3) is 0.545. The lowest BCUT2D eigenvalue weighted by atomic mass is 9.84. The van der Waals surface area contributed by atoms with Crippen molar-refractivity contribution in [3.05, 3.63) is 47.0 Å². The first-order valence-corrected chi connectivity index (χ1v) is 10.5. The molecule has 2 aromatic rings. The molecule has 5 rings (SSSR count). The van der Waals surface area contributed by atoms with Gasteiger partial charge in [-0.15, -0.1) is 0 Å². The number of rotatable bonds is 4. The summed E-state index contributed by atoms with van der Waals surface area (Å²) in [4.78, 5) is 14.1. The molecule has 148 valence electrons. The first kappa shape index (κ1) is 17.9. The van der Waals surface area contributed by atoms with Gasteiger partial charge in [0.05, 0.1) is 11.4 Å². The Labute approximate surface area is 164 Å². The Morgan fingerprint density at radius 2 is 1.93 bits per heavy atom. The lowest BCUT2D eigenvalue weighted by Gasteiger charge is -2.32. The summed E-state index contributed by atoms with van der Waals surface area (Å²) in [5.41, 5.74) is 4.35. The minimum Gasteiger partial charge on any atom is -0.480 e. The molecule has 1 aromatic heterocycles. The number of fused-ring (bicyclic) bond motifs is 2. The topological polar surface area (TPSA) is 58.4 Å². The van der Waals surface area contributed by atoms with E-state index < -0.39 is 12.0 Å². The third kappa shape index (κ3) is 2.94. The SMILES string of the molecule is O=C(O)C1CC2CCCCC2N1Cc1nn(-c2ccc(F)cc2)c2c1CCC2. The summed E-state index contributed by atoms with van der Waals surface area (Å²) in [6.45, 7) is 0.606. The van der Waals surface area contributed by atoms with E-state index in [1.807, 2.05) is 4.68 Å². The molecule has 0 radical (unpaired) electrons. The van der Waals surface area contributed by atoms with Crippen LogP contribution in [0.5, 0.6) is 0 Å². The monoisotopic (exact) mass is 383 g/mol. The van der Waals surface area contributed by atoms with Crippen LogP contribution in [0.25, 0.3) is 5.69 Å². The Kier molecular flexibility index (Phi) is 4.46. The van der Waals surface area contributed by atoms with Crippen LogP contribution in [-0.2, 0) is 24.2 Å². The third-order valence-electron chi connectivity index (χ3n) is 6.92. The van der Waals surface area contributed by atoms with Gasteiger partial charge in [0, 0.05) is 18.3 Å².